The zero-order chi connectivity index (χ0) is 15.5. The van der Waals surface area contributed by atoms with Gasteiger partial charge in [-0.15, -0.1) is 0 Å². The number of fused-ring (bicyclic) bond motifs is 1. The number of para-hydroxylation sites is 1. The Hall–Kier alpha value is -2.20. The molecule has 0 spiro atoms. The Bertz CT molecular complexity index is 819. The number of rotatable bonds is 3. The molecule has 1 saturated heterocycles. The largest absolute Gasteiger partial charge is 0.335 e. The minimum atomic E-state index is -0.250. The molecule has 0 radical (unpaired) electrons. The van der Waals surface area contributed by atoms with Crippen LogP contribution in [0.4, 0.5) is 0 Å². The summed E-state index contributed by atoms with van der Waals surface area (Å²) in [6, 6.07) is 8.10. The van der Waals surface area contributed by atoms with Crippen molar-refractivity contribution in [1.29, 1.82) is 0 Å². The van der Waals surface area contributed by atoms with Crippen LogP contribution in [-0.4, -0.2) is 23.7 Å². The van der Waals surface area contributed by atoms with E-state index in [4.69, 9.17) is 0 Å². The van der Waals surface area contributed by atoms with Crippen molar-refractivity contribution in [2.75, 3.05) is 13.1 Å². The predicted octanol–water partition coefficient (Wildman–Crippen LogP) is 2.08. The molecule has 1 aromatic heterocycles. The van der Waals surface area contributed by atoms with Crippen LogP contribution < -0.4 is 15.9 Å². The van der Waals surface area contributed by atoms with Crippen LogP contribution in [0.3, 0.4) is 0 Å². The summed E-state index contributed by atoms with van der Waals surface area (Å²) in [5.41, 5.74) is 1.13. The molecule has 2 aromatic rings. The second-order valence-electron chi connectivity index (χ2n) is 5.67. The van der Waals surface area contributed by atoms with E-state index in [-0.39, 0.29) is 12.1 Å². The van der Waals surface area contributed by atoms with Crippen molar-refractivity contribution in [2.24, 2.45) is 5.18 Å². The van der Waals surface area contributed by atoms with Gasteiger partial charge in [0, 0.05) is 28.0 Å². The minimum Gasteiger partial charge on any atom is -0.335 e. The minimum absolute atomic E-state index is 0.0731. The van der Waals surface area contributed by atoms with E-state index in [1.165, 1.54) is 5.39 Å². The fourth-order valence-corrected chi connectivity index (χ4v) is 3.34. The van der Waals surface area contributed by atoms with Gasteiger partial charge in [-0.25, -0.2) is 0 Å². The molecule has 1 fully saturated rings. The highest BCUT2D eigenvalue weighted by molar-refractivity contribution is 5.82. The lowest BCUT2D eigenvalue weighted by Gasteiger charge is -2.29. The first-order chi connectivity index (χ1) is 10.8. The Kier molecular flexibility index (Phi) is 4.20. The summed E-state index contributed by atoms with van der Waals surface area (Å²) in [5.74, 6) is 0. The molecule has 3 rings (SSSR count). The van der Waals surface area contributed by atoms with Gasteiger partial charge in [-0.1, -0.05) is 48.2 Å². The van der Waals surface area contributed by atoms with Gasteiger partial charge in [0.1, 0.15) is 6.04 Å². The molecule has 114 valence electrons. The summed E-state index contributed by atoms with van der Waals surface area (Å²) in [5, 5.41) is 9.84. The summed E-state index contributed by atoms with van der Waals surface area (Å²) >= 11 is 0. The number of nitrogens with one attached hydrogen (secondary N) is 1. The first-order valence-corrected chi connectivity index (χ1v) is 7.72. The van der Waals surface area contributed by atoms with Crippen LogP contribution in [0.25, 0.3) is 23.6 Å². The summed E-state index contributed by atoms with van der Waals surface area (Å²) in [6.07, 6.45) is 7.01. The maximum atomic E-state index is 11.2. The highest BCUT2D eigenvalue weighted by Gasteiger charge is 2.28. The lowest BCUT2D eigenvalue weighted by Crippen LogP contribution is -2.44. The smallest absolute Gasteiger partial charge is 0.125 e. The molecule has 2 atom stereocenters. The zero-order valence-electron chi connectivity index (χ0n) is 12.8. The first kappa shape index (κ1) is 14.7. The monoisotopic (exact) mass is 295 g/mol. The van der Waals surface area contributed by atoms with Crippen LogP contribution in [-0.2, 0) is 0 Å². The second-order valence-corrected chi connectivity index (χ2v) is 5.67. The standard InChI is InChI=1S/C18H21N3O/c1-3-4-7-14-13(2)21(17-9-6-5-8-15(14)17)18-10-11-19-12-16(18)20-22/h3-9,16,18-19H,2,10-12H2,1H3/b4-3-,14-7+/t16-,18-/m0/s1. The van der Waals surface area contributed by atoms with E-state index < -0.39 is 0 Å². The van der Waals surface area contributed by atoms with E-state index >= 15 is 0 Å². The van der Waals surface area contributed by atoms with E-state index in [1.54, 1.807) is 0 Å². The van der Waals surface area contributed by atoms with Gasteiger partial charge >= 0.3 is 0 Å². The number of aromatic nitrogens is 1. The number of nitroso groups, excluding NO2 is 1. The average Bonchev–Trinajstić information content (AvgIpc) is 2.84. The van der Waals surface area contributed by atoms with E-state index in [0.29, 0.717) is 6.54 Å². The van der Waals surface area contributed by atoms with E-state index in [1.807, 2.05) is 31.2 Å². The second kappa shape index (κ2) is 6.28. The van der Waals surface area contributed by atoms with Gasteiger partial charge < -0.3 is 9.88 Å². The molecule has 1 aromatic carbocycles. The summed E-state index contributed by atoms with van der Waals surface area (Å²) < 4.78 is 2.21. The summed E-state index contributed by atoms with van der Waals surface area (Å²) in [6.45, 7) is 7.82. The Morgan fingerprint density at radius 2 is 2.23 bits per heavy atom. The topological polar surface area (TPSA) is 46.4 Å². The summed E-state index contributed by atoms with van der Waals surface area (Å²) in [4.78, 5) is 11.2. The molecule has 2 heterocycles. The number of nitrogens with zero attached hydrogens (tertiary/aromatic N) is 2. The van der Waals surface area contributed by atoms with Crippen molar-refractivity contribution < 1.29 is 0 Å². The highest BCUT2D eigenvalue weighted by Crippen LogP contribution is 2.23. The van der Waals surface area contributed by atoms with Crippen molar-refractivity contribution in [3.05, 3.63) is 51.9 Å². The van der Waals surface area contributed by atoms with Crippen LogP contribution in [0.1, 0.15) is 19.4 Å². The van der Waals surface area contributed by atoms with E-state index in [2.05, 4.69) is 39.8 Å². The molecule has 0 saturated carbocycles. The van der Waals surface area contributed by atoms with Crippen LogP contribution in [0.2, 0.25) is 0 Å². The van der Waals surface area contributed by atoms with Crippen molar-refractivity contribution in [3.8, 4) is 0 Å². The number of allylic oxidation sites excluding steroid dienone is 2. The number of hydrogen-bond acceptors (Lipinski definition) is 3. The molecular weight excluding hydrogens is 274 g/mol. The van der Waals surface area contributed by atoms with Crippen molar-refractivity contribution in [2.45, 2.75) is 25.4 Å². The van der Waals surface area contributed by atoms with Crippen LogP contribution >= 0.6 is 0 Å². The lowest BCUT2D eigenvalue weighted by atomic mass is 10.0. The third-order valence-electron chi connectivity index (χ3n) is 4.39. The molecule has 0 bridgehead atoms. The fraction of sp³-hybridized carbons (Fsp3) is 0.333. The fourth-order valence-electron chi connectivity index (χ4n) is 3.34. The maximum Gasteiger partial charge on any atom is 0.125 e. The average molecular weight is 295 g/mol. The van der Waals surface area contributed by atoms with E-state index in [0.717, 1.165) is 29.1 Å². The third kappa shape index (κ3) is 2.40. The molecule has 0 aliphatic carbocycles. The quantitative estimate of drug-likeness (QED) is 0.881. The molecular formula is C18H21N3O. The number of piperidine rings is 1. The molecule has 0 amide bonds. The molecule has 22 heavy (non-hydrogen) atoms. The van der Waals surface area contributed by atoms with Crippen molar-refractivity contribution in [1.82, 2.24) is 9.88 Å². The predicted molar refractivity (Wildman–Crippen MR) is 92.1 cm³/mol. The first-order valence-electron chi connectivity index (χ1n) is 7.72. The molecule has 0 unspecified atom stereocenters. The highest BCUT2D eigenvalue weighted by atomic mass is 16.3. The normalized spacial score (nSPS) is 23.4. The van der Waals surface area contributed by atoms with Crippen LogP contribution in [0.15, 0.2) is 41.6 Å². The molecule has 4 nitrogen and oxygen atoms in total. The molecule has 1 aliphatic heterocycles. The Morgan fingerprint density at radius 1 is 1.41 bits per heavy atom. The van der Waals surface area contributed by atoms with Crippen LogP contribution in [0.5, 0.6) is 0 Å². The summed E-state index contributed by atoms with van der Waals surface area (Å²) in [7, 11) is 0. The van der Waals surface area contributed by atoms with Gasteiger partial charge in [0.15, 0.2) is 0 Å². The van der Waals surface area contributed by atoms with Gasteiger partial charge in [0.2, 0.25) is 0 Å². The maximum absolute atomic E-state index is 11.2. The Labute approximate surface area is 129 Å². The van der Waals surface area contributed by atoms with Gasteiger partial charge in [-0.2, -0.15) is 4.91 Å². The molecule has 1 aliphatic rings. The van der Waals surface area contributed by atoms with Crippen LogP contribution in [0, 0.1) is 4.91 Å². The Morgan fingerprint density at radius 3 is 3.00 bits per heavy atom. The third-order valence-corrected chi connectivity index (χ3v) is 4.39. The van der Waals surface area contributed by atoms with Gasteiger partial charge in [-0.3, -0.25) is 0 Å². The van der Waals surface area contributed by atoms with Gasteiger partial charge in [0.25, 0.3) is 0 Å². The SMILES string of the molecule is C=c1/c(=C\C=C/C)c2ccccc2n1[C@H]1CCNC[C@@H]1N=O. The zero-order valence-corrected chi connectivity index (χ0v) is 12.8. The van der Waals surface area contributed by atoms with Gasteiger partial charge in [0.05, 0.1) is 6.04 Å². The lowest BCUT2D eigenvalue weighted by molar-refractivity contribution is 0.324. The van der Waals surface area contributed by atoms with Crippen molar-refractivity contribution in [3.63, 3.8) is 0 Å². The molecule has 4 heteroatoms. The Balaban J connectivity index is 2.28. The number of benzene rings is 1. The number of hydrogen-bond donors (Lipinski definition) is 1. The van der Waals surface area contributed by atoms with Gasteiger partial charge in [-0.05, 0) is 26.0 Å². The van der Waals surface area contributed by atoms with Crippen molar-refractivity contribution >= 4 is 23.6 Å². The van der Waals surface area contributed by atoms with E-state index in [9.17, 15) is 4.91 Å². The molecule has 1 N–H and O–H groups in total.